The molecular formula is C18H24ClN5O2S. The lowest BCUT2D eigenvalue weighted by molar-refractivity contribution is -0.113. The number of carbonyl (C=O) groups is 1. The van der Waals surface area contributed by atoms with Crippen molar-refractivity contribution in [1.82, 2.24) is 15.1 Å². The Morgan fingerprint density at radius 2 is 2.04 bits per heavy atom. The van der Waals surface area contributed by atoms with Gasteiger partial charge in [-0.2, -0.15) is 0 Å². The molecule has 0 bridgehead atoms. The predicted molar refractivity (Wildman–Crippen MR) is 109 cm³/mol. The van der Waals surface area contributed by atoms with Crippen LogP contribution in [-0.4, -0.2) is 60.0 Å². The highest BCUT2D eigenvalue weighted by Crippen LogP contribution is 2.34. The third-order valence-electron chi connectivity index (χ3n) is 4.32. The number of thioether (sulfide) groups is 1. The van der Waals surface area contributed by atoms with Crippen LogP contribution in [-0.2, 0) is 4.79 Å². The van der Waals surface area contributed by atoms with Gasteiger partial charge in [-0.25, -0.2) is 0 Å². The van der Waals surface area contributed by atoms with Gasteiger partial charge in [-0.3, -0.25) is 4.79 Å². The van der Waals surface area contributed by atoms with E-state index in [0.717, 1.165) is 37.6 Å². The van der Waals surface area contributed by atoms with E-state index in [2.05, 4.69) is 32.4 Å². The predicted octanol–water partition coefficient (Wildman–Crippen LogP) is 3.33. The monoisotopic (exact) mass is 409 g/mol. The standard InChI is InChI=1S/C18H24ClN5O2S/c1-12(2)17-21-22-18(26-17)27-11-15(25)20-14-6-4-5-13(19)16(14)24-9-7-23(3)8-10-24/h4-6,12H,7-11H2,1-3H3,(H,20,25). The van der Waals surface area contributed by atoms with Gasteiger partial charge < -0.3 is 19.5 Å². The summed E-state index contributed by atoms with van der Waals surface area (Å²) in [5.74, 6) is 0.791. The van der Waals surface area contributed by atoms with Crippen molar-refractivity contribution in [2.24, 2.45) is 0 Å². The van der Waals surface area contributed by atoms with Gasteiger partial charge in [-0.15, -0.1) is 10.2 Å². The van der Waals surface area contributed by atoms with Gasteiger partial charge in [0.1, 0.15) is 0 Å². The molecule has 9 heteroatoms. The van der Waals surface area contributed by atoms with E-state index < -0.39 is 0 Å². The van der Waals surface area contributed by atoms with Crippen molar-refractivity contribution in [2.45, 2.75) is 25.0 Å². The van der Waals surface area contributed by atoms with E-state index >= 15 is 0 Å². The highest BCUT2D eigenvalue weighted by atomic mass is 35.5. The molecule has 0 aliphatic carbocycles. The van der Waals surface area contributed by atoms with Crippen molar-refractivity contribution < 1.29 is 9.21 Å². The van der Waals surface area contributed by atoms with Gasteiger partial charge in [0, 0.05) is 32.1 Å². The van der Waals surface area contributed by atoms with Crippen LogP contribution in [0, 0.1) is 0 Å². The Labute approximate surface area is 168 Å². The molecule has 3 rings (SSSR count). The average Bonchev–Trinajstić information content (AvgIpc) is 3.11. The van der Waals surface area contributed by atoms with Crippen LogP contribution >= 0.6 is 23.4 Å². The minimum atomic E-state index is -0.137. The Hall–Kier alpha value is -1.77. The summed E-state index contributed by atoms with van der Waals surface area (Å²) in [6, 6.07) is 5.58. The number of carbonyl (C=O) groups excluding carboxylic acids is 1. The minimum absolute atomic E-state index is 0.137. The second-order valence-corrected chi connectivity index (χ2v) is 8.16. The van der Waals surface area contributed by atoms with Gasteiger partial charge in [0.05, 0.1) is 22.2 Å². The van der Waals surface area contributed by atoms with Gasteiger partial charge >= 0.3 is 0 Å². The molecule has 27 heavy (non-hydrogen) atoms. The van der Waals surface area contributed by atoms with Crippen molar-refractivity contribution in [3.8, 4) is 0 Å². The molecule has 1 fully saturated rings. The molecule has 0 spiro atoms. The Morgan fingerprint density at radius 3 is 2.70 bits per heavy atom. The zero-order valence-electron chi connectivity index (χ0n) is 15.7. The normalized spacial score (nSPS) is 15.4. The first-order chi connectivity index (χ1) is 12.9. The SMILES string of the molecule is CC(C)c1nnc(SCC(=O)Nc2cccc(Cl)c2N2CCN(C)CC2)o1. The zero-order chi connectivity index (χ0) is 19.4. The molecule has 1 aromatic heterocycles. The van der Waals surface area contributed by atoms with Crippen LogP contribution in [0.15, 0.2) is 27.8 Å². The van der Waals surface area contributed by atoms with Gasteiger partial charge in [0.2, 0.25) is 11.8 Å². The molecule has 7 nitrogen and oxygen atoms in total. The molecule has 146 valence electrons. The Balaban J connectivity index is 1.64. The highest BCUT2D eigenvalue weighted by molar-refractivity contribution is 7.99. The lowest BCUT2D eigenvalue weighted by atomic mass is 10.2. The van der Waals surface area contributed by atoms with Gasteiger partial charge in [-0.05, 0) is 19.2 Å². The molecule has 0 unspecified atom stereocenters. The van der Waals surface area contributed by atoms with Crippen LogP contribution in [0.5, 0.6) is 0 Å². The van der Waals surface area contributed by atoms with E-state index in [1.54, 1.807) is 0 Å². The van der Waals surface area contributed by atoms with Crippen molar-refractivity contribution >= 4 is 40.6 Å². The maximum atomic E-state index is 12.4. The first-order valence-electron chi connectivity index (χ1n) is 8.92. The molecular weight excluding hydrogens is 386 g/mol. The Bertz CT molecular complexity index is 790. The molecule has 0 radical (unpaired) electrons. The van der Waals surface area contributed by atoms with E-state index in [9.17, 15) is 4.79 Å². The zero-order valence-corrected chi connectivity index (χ0v) is 17.3. The van der Waals surface area contributed by atoms with Gasteiger partial charge in [-0.1, -0.05) is 43.3 Å². The maximum Gasteiger partial charge on any atom is 0.277 e. The number of rotatable bonds is 6. The number of hydrogen-bond acceptors (Lipinski definition) is 7. The number of nitrogens with one attached hydrogen (secondary N) is 1. The number of nitrogens with zero attached hydrogens (tertiary/aromatic N) is 4. The summed E-state index contributed by atoms with van der Waals surface area (Å²) in [5, 5.41) is 11.9. The molecule has 1 saturated heterocycles. The quantitative estimate of drug-likeness (QED) is 0.733. The molecule has 2 heterocycles. The Morgan fingerprint density at radius 1 is 1.30 bits per heavy atom. The summed E-state index contributed by atoms with van der Waals surface area (Å²) in [5.41, 5.74) is 1.61. The topological polar surface area (TPSA) is 74.5 Å². The first-order valence-corrected chi connectivity index (χ1v) is 10.3. The third kappa shape index (κ3) is 5.15. The molecule has 0 saturated carbocycles. The first kappa shape index (κ1) is 20.0. The van der Waals surface area contributed by atoms with E-state index in [4.69, 9.17) is 16.0 Å². The fraction of sp³-hybridized carbons (Fsp3) is 0.500. The number of para-hydroxylation sites is 1. The second-order valence-electron chi connectivity index (χ2n) is 6.82. The fourth-order valence-corrected chi connectivity index (χ4v) is 3.66. The number of piperazine rings is 1. The van der Waals surface area contributed by atoms with Crippen LogP contribution in [0.2, 0.25) is 5.02 Å². The van der Waals surface area contributed by atoms with Crippen molar-refractivity contribution in [3.05, 3.63) is 29.1 Å². The minimum Gasteiger partial charge on any atom is -0.416 e. The molecule has 1 amide bonds. The van der Waals surface area contributed by atoms with Gasteiger partial charge in [0.15, 0.2) is 0 Å². The number of likely N-dealkylation sites (N-methyl/N-ethyl adjacent to an activating group) is 1. The number of halogens is 1. The van der Waals surface area contributed by atoms with E-state index in [-0.39, 0.29) is 17.6 Å². The largest absolute Gasteiger partial charge is 0.416 e. The Kier molecular flexibility index (Phi) is 6.62. The molecule has 0 atom stereocenters. The number of benzene rings is 1. The molecule has 1 aliphatic heterocycles. The number of anilines is 2. The van der Waals surface area contributed by atoms with Crippen LogP contribution in [0.1, 0.15) is 25.7 Å². The number of amides is 1. The summed E-state index contributed by atoms with van der Waals surface area (Å²) < 4.78 is 5.52. The molecule has 1 aromatic carbocycles. The van der Waals surface area contributed by atoms with E-state index in [1.807, 2.05) is 32.0 Å². The van der Waals surface area contributed by atoms with E-state index in [1.165, 1.54) is 11.8 Å². The maximum absolute atomic E-state index is 12.4. The average molecular weight is 410 g/mol. The van der Waals surface area contributed by atoms with Crippen molar-refractivity contribution in [2.75, 3.05) is 49.2 Å². The van der Waals surface area contributed by atoms with Crippen molar-refractivity contribution in [1.29, 1.82) is 0 Å². The summed E-state index contributed by atoms with van der Waals surface area (Å²) in [6.45, 7) is 7.63. The lowest BCUT2D eigenvalue weighted by Crippen LogP contribution is -2.44. The fourth-order valence-electron chi connectivity index (χ4n) is 2.79. The van der Waals surface area contributed by atoms with E-state index in [0.29, 0.717) is 16.1 Å². The summed E-state index contributed by atoms with van der Waals surface area (Å²) in [6.07, 6.45) is 0. The van der Waals surface area contributed by atoms with Crippen LogP contribution in [0.3, 0.4) is 0 Å². The summed E-state index contributed by atoms with van der Waals surface area (Å²) in [7, 11) is 2.10. The number of aromatic nitrogens is 2. The summed E-state index contributed by atoms with van der Waals surface area (Å²) >= 11 is 7.67. The molecule has 2 aromatic rings. The third-order valence-corrected chi connectivity index (χ3v) is 5.45. The van der Waals surface area contributed by atoms with Gasteiger partial charge in [0.25, 0.3) is 5.22 Å². The molecule has 1 N–H and O–H groups in total. The molecule has 1 aliphatic rings. The second kappa shape index (κ2) is 8.95. The summed E-state index contributed by atoms with van der Waals surface area (Å²) in [4.78, 5) is 16.9. The van der Waals surface area contributed by atoms with Crippen LogP contribution in [0.25, 0.3) is 0 Å². The lowest BCUT2D eigenvalue weighted by Gasteiger charge is -2.35. The van der Waals surface area contributed by atoms with Crippen molar-refractivity contribution in [3.63, 3.8) is 0 Å². The smallest absolute Gasteiger partial charge is 0.277 e. The van der Waals surface area contributed by atoms with Crippen LogP contribution in [0.4, 0.5) is 11.4 Å². The number of hydrogen-bond donors (Lipinski definition) is 1. The van der Waals surface area contributed by atoms with Crippen LogP contribution < -0.4 is 10.2 Å². The highest BCUT2D eigenvalue weighted by Gasteiger charge is 2.21.